The van der Waals surface area contributed by atoms with E-state index in [1.165, 1.54) is 0 Å². The van der Waals surface area contributed by atoms with Crippen molar-refractivity contribution in [3.8, 4) is 0 Å². The van der Waals surface area contributed by atoms with E-state index >= 15 is 0 Å². The van der Waals surface area contributed by atoms with Crippen LogP contribution in [0.4, 0.5) is 11.4 Å². The summed E-state index contributed by atoms with van der Waals surface area (Å²) < 4.78 is 5.39. The third-order valence-electron chi connectivity index (χ3n) is 4.22. The molecule has 0 radical (unpaired) electrons. The largest absolute Gasteiger partial charge is 0.368 e. The molecule has 2 aromatic rings. The lowest BCUT2D eigenvalue weighted by Gasteiger charge is -2.21. The summed E-state index contributed by atoms with van der Waals surface area (Å²) in [4.78, 5) is 26.8. The van der Waals surface area contributed by atoms with Crippen LogP contribution < -0.4 is 10.2 Å². The zero-order valence-electron chi connectivity index (χ0n) is 14.6. The van der Waals surface area contributed by atoms with Crippen LogP contribution >= 0.6 is 0 Å². The average molecular weight is 350 g/mol. The molecule has 0 spiro atoms. The van der Waals surface area contributed by atoms with E-state index < -0.39 is 6.10 Å². The Bertz CT molecular complexity index is 783. The number of para-hydroxylation sites is 1. The normalized spacial score (nSPS) is 16.1. The number of hydrogen-bond acceptors (Lipinski definition) is 3. The van der Waals surface area contributed by atoms with Gasteiger partial charge in [0.25, 0.3) is 11.8 Å². The summed E-state index contributed by atoms with van der Waals surface area (Å²) in [7, 11) is 0. The number of amides is 2. The quantitative estimate of drug-likeness (QED) is 0.809. The number of nitrogens with one attached hydrogen (secondary N) is 1. The van der Waals surface area contributed by atoms with Crippen LogP contribution in [0.2, 0.25) is 0 Å². The average Bonchev–Trinajstić information content (AvgIpc) is 3.21. The molecule has 3 rings (SSSR count). The van der Waals surface area contributed by atoms with E-state index in [0.29, 0.717) is 24.4 Å². The molecule has 134 valence electrons. The van der Waals surface area contributed by atoms with Crippen LogP contribution in [0.15, 0.2) is 67.3 Å². The second kappa shape index (κ2) is 8.45. The lowest BCUT2D eigenvalue weighted by molar-refractivity contribution is -0.124. The van der Waals surface area contributed by atoms with Crippen molar-refractivity contribution in [1.82, 2.24) is 0 Å². The van der Waals surface area contributed by atoms with E-state index in [4.69, 9.17) is 4.74 Å². The Hall–Kier alpha value is -2.92. The minimum absolute atomic E-state index is 0.149. The Balaban J connectivity index is 1.78. The molecule has 1 saturated heterocycles. The maximum Gasteiger partial charge on any atom is 0.258 e. The number of hydrogen-bond donors (Lipinski definition) is 1. The lowest BCUT2D eigenvalue weighted by atomic mass is 10.1. The molecule has 1 aliphatic rings. The predicted octanol–water partition coefficient (Wildman–Crippen LogP) is 3.64. The van der Waals surface area contributed by atoms with Crippen LogP contribution in [0.5, 0.6) is 0 Å². The predicted molar refractivity (Wildman–Crippen MR) is 102 cm³/mol. The molecule has 1 fully saturated rings. The Morgan fingerprint density at radius 2 is 2.00 bits per heavy atom. The molecule has 5 heteroatoms. The van der Waals surface area contributed by atoms with Crippen LogP contribution in [0.3, 0.4) is 0 Å². The van der Waals surface area contributed by atoms with Crippen molar-refractivity contribution < 1.29 is 14.3 Å². The number of carbonyl (C=O) groups excluding carboxylic acids is 2. The van der Waals surface area contributed by atoms with Gasteiger partial charge in [-0.15, -0.1) is 6.58 Å². The first kappa shape index (κ1) is 17.9. The minimum Gasteiger partial charge on any atom is -0.368 e. The van der Waals surface area contributed by atoms with Crippen molar-refractivity contribution in [3.63, 3.8) is 0 Å². The molecule has 1 unspecified atom stereocenters. The molecule has 5 nitrogen and oxygen atoms in total. The number of rotatable bonds is 6. The van der Waals surface area contributed by atoms with Crippen LogP contribution in [-0.2, 0) is 9.53 Å². The van der Waals surface area contributed by atoms with E-state index in [1.807, 2.05) is 30.3 Å². The van der Waals surface area contributed by atoms with E-state index in [9.17, 15) is 9.59 Å². The van der Waals surface area contributed by atoms with Crippen LogP contribution in [0.25, 0.3) is 0 Å². The summed E-state index contributed by atoms with van der Waals surface area (Å²) in [5.74, 6) is -0.317. The molecule has 1 aliphatic heterocycles. The van der Waals surface area contributed by atoms with Crippen molar-refractivity contribution in [1.29, 1.82) is 0 Å². The zero-order chi connectivity index (χ0) is 18.4. The fourth-order valence-electron chi connectivity index (χ4n) is 2.94. The maximum absolute atomic E-state index is 13.0. The lowest BCUT2D eigenvalue weighted by Crippen LogP contribution is -2.31. The Labute approximate surface area is 153 Å². The number of anilines is 2. The Morgan fingerprint density at radius 1 is 1.19 bits per heavy atom. The maximum atomic E-state index is 13.0. The van der Waals surface area contributed by atoms with Gasteiger partial charge in [0.05, 0.1) is 0 Å². The molecule has 1 N–H and O–H groups in total. The van der Waals surface area contributed by atoms with Gasteiger partial charge in [0.2, 0.25) is 0 Å². The summed E-state index contributed by atoms with van der Waals surface area (Å²) in [6, 6.07) is 16.4. The molecule has 1 heterocycles. The van der Waals surface area contributed by atoms with Crippen molar-refractivity contribution in [3.05, 3.63) is 72.8 Å². The first-order chi connectivity index (χ1) is 12.7. The summed E-state index contributed by atoms with van der Waals surface area (Å²) in [6.45, 7) is 4.75. The van der Waals surface area contributed by atoms with Gasteiger partial charge in [-0.05, 0) is 43.2 Å². The van der Waals surface area contributed by atoms with Gasteiger partial charge >= 0.3 is 0 Å². The van der Waals surface area contributed by atoms with Gasteiger partial charge in [-0.2, -0.15) is 0 Å². The van der Waals surface area contributed by atoms with Crippen LogP contribution in [0.1, 0.15) is 23.2 Å². The molecular formula is C21H22N2O3. The van der Waals surface area contributed by atoms with Crippen LogP contribution in [0, 0.1) is 0 Å². The second-order valence-corrected chi connectivity index (χ2v) is 6.11. The smallest absolute Gasteiger partial charge is 0.258 e. The highest BCUT2D eigenvalue weighted by Gasteiger charge is 2.24. The van der Waals surface area contributed by atoms with Crippen molar-refractivity contribution >= 4 is 23.2 Å². The first-order valence-corrected chi connectivity index (χ1v) is 8.69. The van der Waals surface area contributed by atoms with Gasteiger partial charge < -0.3 is 15.0 Å². The van der Waals surface area contributed by atoms with Crippen LogP contribution in [-0.4, -0.2) is 31.1 Å². The summed E-state index contributed by atoms with van der Waals surface area (Å²) >= 11 is 0. The summed E-state index contributed by atoms with van der Waals surface area (Å²) in [6.07, 6.45) is 2.90. The molecule has 1 atom stereocenters. The monoisotopic (exact) mass is 350 g/mol. The zero-order valence-corrected chi connectivity index (χ0v) is 14.6. The van der Waals surface area contributed by atoms with Gasteiger partial charge in [0.15, 0.2) is 0 Å². The summed E-state index contributed by atoms with van der Waals surface area (Å²) in [5, 5.41) is 2.83. The van der Waals surface area contributed by atoms with Gasteiger partial charge in [-0.25, -0.2) is 0 Å². The topological polar surface area (TPSA) is 58.6 Å². The van der Waals surface area contributed by atoms with Crippen molar-refractivity contribution in [2.24, 2.45) is 0 Å². The molecule has 0 saturated carbocycles. The molecule has 0 bridgehead atoms. The van der Waals surface area contributed by atoms with E-state index in [-0.39, 0.29) is 11.8 Å². The van der Waals surface area contributed by atoms with E-state index in [2.05, 4.69) is 11.9 Å². The highest BCUT2D eigenvalue weighted by molar-refractivity contribution is 6.07. The molecule has 0 aliphatic carbocycles. The van der Waals surface area contributed by atoms with Gasteiger partial charge in [0, 0.05) is 30.1 Å². The third kappa shape index (κ3) is 4.18. The van der Waals surface area contributed by atoms with Crippen molar-refractivity contribution in [2.45, 2.75) is 18.9 Å². The SMILES string of the molecule is C=CCN(C(=O)c1cccc(NC(=O)C2CCCO2)c1)c1ccccc1. The molecule has 0 aromatic heterocycles. The molecule has 26 heavy (non-hydrogen) atoms. The highest BCUT2D eigenvalue weighted by atomic mass is 16.5. The van der Waals surface area contributed by atoms with Gasteiger partial charge in [-0.1, -0.05) is 30.3 Å². The number of carbonyl (C=O) groups is 2. The van der Waals surface area contributed by atoms with Gasteiger partial charge in [-0.3, -0.25) is 9.59 Å². The highest BCUT2D eigenvalue weighted by Crippen LogP contribution is 2.20. The Kier molecular flexibility index (Phi) is 5.81. The fraction of sp³-hybridized carbons (Fsp3) is 0.238. The third-order valence-corrected chi connectivity index (χ3v) is 4.22. The van der Waals surface area contributed by atoms with Crippen molar-refractivity contribution in [2.75, 3.05) is 23.4 Å². The molecular weight excluding hydrogens is 328 g/mol. The molecule has 2 amide bonds. The second-order valence-electron chi connectivity index (χ2n) is 6.11. The number of nitrogens with zero attached hydrogens (tertiary/aromatic N) is 1. The minimum atomic E-state index is -0.407. The summed E-state index contributed by atoms with van der Waals surface area (Å²) in [5.41, 5.74) is 1.88. The standard InChI is InChI=1S/C21H22N2O3/c1-2-13-23(18-10-4-3-5-11-18)21(25)16-8-6-9-17(15-16)22-20(24)19-12-7-14-26-19/h2-6,8-11,15,19H,1,7,12-14H2,(H,22,24). The van der Waals surface area contributed by atoms with E-state index in [0.717, 1.165) is 18.5 Å². The fourth-order valence-corrected chi connectivity index (χ4v) is 2.94. The number of benzene rings is 2. The number of ether oxygens (including phenoxy) is 1. The molecule has 2 aromatic carbocycles. The Morgan fingerprint density at radius 3 is 2.69 bits per heavy atom. The first-order valence-electron chi connectivity index (χ1n) is 8.69. The van der Waals surface area contributed by atoms with E-state index in [1.54, 1.807) is 35.2 Å². The van der Waals surface area contributed by atoms with Gasteiger partial charge in [0.1, 0.15) is 6.10 Å².